The van der Waals surface area contributed by atoms with Crippen LogP contribution in [0.25, 0.3) is 10.9 Å². The van der Waals surface area contributed by atoms with Gasteiger partial charge in [-0.25, -0.2) is 4.39 Å². The lowest BCUT2D eigenvalue weighted by atomic mass is 10.2. The first kappa shape index (κ1) is 11.1. The molecule has 3 heteroatoms. The Hall–Kier alpha value is -1.35. The van der Waals surface area contributed by atoms with Crippen molar-refractivity contribution in [2.75, 3.05) is 13.2 Å². The third kappa shape index (κ3) is 2.25. The van der Waals surface area contributed by atoms with Crippen LogP contribution >= 0.6 is 0 Å². The highest BCUT2D eigenvalue weighted by atomic mass is 19.1. The van der Waals surface area contributed by atoms with Gasteiger partial charge in [-0.1, -0.05) is 6.07 Å². The number of hydrogen-bond donors (Lipinski definition) is 0. The summed E-state index contributed by atoms with van der Waals surface area (Å²) in [6, 6.07) is 7.01. The van der Waals surface area contributed by atoms with E-state index >= 15 is 0 Å². The number of rotatable bonds is 5. The van der Waals surface area contributed by atoms with Gasteiger partial charge >= 0.3 is 0 Å². The molecule has 1 aromatic heterocycles. The molecule has 86 valence electrons. The summed E-state index contributed by atoms with van der Waals surface area (Å²) in [6.07, 6.45) is 2.88. The highest BCUT2D eigenvalue weighted by molar-refractivity contribution is 5.80. The van der Waals surface area contributed by atoms with Gasteiger partial charge in [0.2, 0.25) is 0 Å². The average Bonchev–Trinajstić information content (AvgIpc) is 2.70. The van der Waals surface area contributed by atoms with E-state index in [1.54, 1.807) is 6.07 Å². The number of fused-ring (bicyclic) bond motifs is 1. The number of nitrogens with zero attached hydrogens (tertiary/aromatic N) is 1. The molecule has 2 rings (SSSR count). The number of aryl methyl sites for hydroxylation is 1. The summed E-state index contributed by atoms with van der Waals surface area (Å²) in [6.45, 7) is 4.36. The molecule has 0 fully saturated rings. The molecule has 0 saturated carbocycles. The molecule has 1 heterocycles. The second-order valence-corrected chi connectivity index (χ2v) is 3.73. The largest absolute Gasteiger partial charge is 0.382 e. The Kier molecular flexibility index (Phi) is 3.57. The monoisotopic (exact) mass is 221 g/mol. The van der Waals surface area contributed by atoms with Crippen LogP contribution in [0, 0.1) is 5.82 Å². The van der Waals surface area contributed by atoms with Crippen molar-refractivity contribution in [2.45, 2.75) is 19.9 Å². The summed E-state index contributed by atoms with van der Waals surface area (Å²) >= 11 is 0. The van der Waals surface area contributed by atoms with Crippen molar-refractivity contribution in [1.29, 1.82) is 0 Å². The lowest BCUT2D eigenvalue weighted by Gasteiger charge is -2.05. The molecule has 2 aromatic rings. The van der Waals surface area contributed by atoms with Crippen molar-refractivity contribution in [1.82, 2.24) is 4.57 Å². The molecular weight excluding hydrogens is 205 g/mol. The van der Waals surface area contributed by atoms with Crippen LogP contribution < -0.4 is 0 Å². The van der Waals surface area contributed by atoms with E-state index in [4.69, 9.17) is 4.74 Å². The molecular formula is C13H16FNO. The molecule has 0 N–H and O–H groups in total. The smallest absolute Gasteiger partial charge is 0.132 e. The fourth-order valence-corrected chi connectivity index (χ4v) is 1.86. The lowest BCUT2D eigenvalue weighted by Crippen LogP contribution is -2.01. The van der Waals surface area contributed by atoms with Crippen molar-refractivity contribution in [2.24, 2.45) is 0 Å². The Labute approximate surface area is 94.6 Å². The summed E-state index contributed by atoms with van der Waals surface area (Å²) in [7, 11) is 0. The zero-order valence-corrected chi connectivity index (χ0v) is 9.45. The van der Waals surface area contributed by atoms with Gasteiger partial charge in [0.05, 0.1) is 5.52 Å². The van der Waals surface area contributed by atoms with Crippen LogP contribution in [0.2, 0.25) is 0 Å². The fourth-order valence-electron chi connectivity index (χ4n) is 1.86. The van der Waals surface area contributed by atoms with Crippen LogP contribution in [0.3, 0.4) is 0 Å². The topological polar surface area (TPSA) is 14.2 Å². The zero-order valence-electron chi connectivity index (χ0n) is 9.45. The molecule has 0 radical (unpaired) electrons. The van der Waals surface area contributed by atoms with Crippen molar-refractivity contribution >= 4 is 10.9 Å². The third-order valence-corrected chi connectivity index (χ3v) is 2.65. The molecule has 0 spiro atoms. The molecule has 2 nitrogen and oxygen atoms in total. The predicted molar refractivity (Wildman–Crippen MR) is 63.0 cm³/mol. The number of hydrogen-bond acceptors (Lipinski definition) is 1. The van der Waals surface area contributed by atoms with Crippen LogP contribution in [-0.2, 0) is 11.3 Å². The molecule has 0 bridgehead atoms. The minimum absolute atomic E-state index is 0.152. The first-order valence-corrected chi connectivity index (χ1v) is 5.64. The quantitative estimate of drug-likeness (QED) is 0.707. The molecule has 0 aliphatic heterocycles. The van der Waals surface area contributed by atoms with E-state index in [1.807, 2.05) is 25.3 Å². The van der Waals surface area contributed by atoms with Crippen LogP contribution in [0.5, 0.6) is 0 Å². The Morgan fingerprint density at radius 1 is 1.31 bits per heavy atom. The summed E-state index contributed by atoms with van der Waals surface area (Å²) in [5, 5.41) is 0.693. The molecule has 0 amide bonds. The highest BCUT2D eigenvalue weighted by Gasteiger charge is 2.04. The predicted octanol–water partition coefficient (Wildman–Crippen LogP) is 3.21. The maximum absolute atomic E-state index is 13.4. The van der Waals surface area contributed by atoms with Gasteiger partial charge in [0.25, 0.3) is 0 Å². The normalized spacial score (nSPS) is 11.1. The molecule has 0 saturated heterocycles. The van der Waals surface area contributed by atoms with Crippen molar-refractivity contribution in [3.05, 3.63) is 36.3 Å². The first-order valence-electron chi connectivity index (χ1n) is 5.64. The number of ether oxygens (including phenoxy) is 1. The summed E-state index contributed by atoms with van der Waals surface area (Å²) in [5.41, 5.74) is 0.955. The molecule has 16 heavy (non-hydrogen) atoms. The zero-order chi connectivity index (χ0) is 11.4. The minimum atomic E-state index is -0.152. The second-order valence-electron chi connectivity index (χ2n) is 3.73. The van der Waals surface area contributed by atoms with E-state index in [0.717, 1.165) is 31.7 Å². The third-order valence-electron chi connectivity index (χ3n) is 2.65. The van der Waals surface area contributed by atoms with Gasteiger partial charge in [-0.3, -0.25) is 0 Å². The van der Waals surface area contributed by atoms with Crippen LogP contribution in [0.4, 0.5) is 4.39 Å². The maximum Gasteiger partial charge on any atom is 0.132 e. The minimum Gasteiger partial charge on any atom is -0.382 e. The molecule has 0 aliphatic rings. The Balaban J connectivity index is 2.10. The van der Waals surface area contributed by atoms with Gasteiger partial charge in [0, 0.05) is 31.3 Å². The van der Waals surface area contributed by atoms with Crippen molar-refractivity contribution < 1.29 is 9.13 Å². The lowest BCUT2D eigenvalue weighted by molar-refractivity contribution is 0.142. The van der Waals surface area contributed by atoms with Crippen molar-refractivity contribution in [3.8, 4) is 0 Å². The molecule has 0 atom stereocenters. The summed E-state index contributed by atoms with van der Waals surface area (Å²) in [4.78, 5) is 0. The van der Waals surface area contributed by atoms with E-state index < -0.39 is 0 Å². The molecule has 0 unspecified atom stereocenters. The van der Waals surface area contributed by atoms with E-state index in [-0.39, 0.29) is 5.82 Å². The fraction of sp³-hybridized carbons (Fsp3) is 0.385. The van der Waals surface area contributed by atoms with Gasteiger partial charge < -0.3 is 9.30 Å². The Morgan fingerprint density at radius 3 is 3.00 bits per heavy atom. The van der Waals surface area contributed by atoms with E-state index in [2.05, 4.69) is 4.57 Å². The number of benzene rings is 1. The van der Waals surface area contributed by atoms with E-state index in [0.29, 0.717) is 5.39 Å². The SMILES string of the molecule is CCOCCCn1ccc2c(F)cccc21. The van der Waals surface area contributed by atoms with Crippen LogP contribution in [0.15, 0.2) is 30.5 Å². The summed E-state index contributed by atoms with van der Waals surface area (Å²) < 4.78 is 20.8. The first-order chi connectivity index (χ1) is 7.83. The van der Waals surface area contributed by atoms with Gasteiger partial charge in [-0.2, -0.15) is 0 Å². The average molecular weight is 221 g/mol. The number of aromatic nitrogens is 1. The van der Waals surface area contributed by atoms with Gasteiger partial charge in [-0.05, 0) is 31.5 Å². The maximum atomic E-state index is 13.4. The Bertz CT molecular complexity index is 464. The Morgan fingerprint density at radius 2 is 2.19 bits per heavy atom. The molecule has 0 aliphatic carbocycles. The van der Waals surface area contributed by atoms with E-state index in [9.17, 15) is 4.39 Å². The standard InChI is InChI=1S/C13H16FNO/c1-2-16-10-4-8-15-9-7-11-12(14)5-3-6-13(11)15/h3,5-7,9H,2,4,8,10H2,1H3. The second kappa shape index (κ2) is 5.12. The van der Waals surface area contributed by atoms with Gasteiger partial charge in [0.15, 0.2) is 0 Å². The van der Waals surface area contributed by atoms with Gasteiger partial charge in [-0.15, -0.1) is 0 Å². The molecule has 1 aromatic carbocycles. The van der Waals surface area contributed by atoms with Crippen molar-refractivity contribution in [3.63, 3.8) is 0 Å². The van der Waals surface area contributed by atoms with Gasteiger partial charge in [0.1, 0.15) is 5.82 Å². The highest BCUT2D eigenvalue weighted by Crippen LogP contribution is 2.19. The number of halogens is 1. The van der Waals surface area contributed by atoms with E-state index in [1.165, 1.54) is 6.07 Å². The van der Waals surface area contributed by atoms with Crippen LogP contribution in [0.1, 0.15) is 13.3 Å². The van der Waals surface area contributed by atoms with Crippen LogP contribution in [-0.4, -0.2) is 17.8 Å². The summed E-state index contributed by atoms with van der Waals surface area (Å²) in [5.74, 6) is -0.152.